The minimum Gasteiger partial charge on any atom is -0.354 e. The van der Waals surface area contributed by atoms with Crippen LogP contribution in [0.2, 0.25) is 0 Å². The van der Waals surface area contributed by atoms with Crippen LogP contribution < -0.4 is 16.4 Å². The summed E-state index contributed by atoms with van der Waals surface area (Å²) in [7, 11) is 0. The molecule has 4 N–H and O–H groups in total. The van der Waals surface area contributed by atoms with E-state index in [4.69, 9.17) is 5.73 Å². The smallest absolute Gasteiger partial charge is 0.252 e. The molecule has 1 aliphatic heterocycles. The van der Waals surface area contributed by atoms with Crippen LogP contribution in [-0.4, -0.2) is 30.9 Å². The summed E-state index contributed by atoms with van der Waals surface area (Å²) in [4.78, 5) is 23.3. The highest BCUT2D eigenvalue weighted by Gasteiger charge is 2.20. The van der Waals surface area contributed by atoms with Crippen LogP contribution in [0.25, 0.3) is 0 Å². The number of nitrogens with one attached hydrogen (secondary N) is 2. The Balaban J connectivity index is 2.07. The zero-order chi connectivity index (χ0) is 14.4. The number of carbonyl (C=O) groups excluding carboxylic acids is 2. The molecule has 104 valence electrons. The molecule has 1 saturated heterocycles. The van der Waals surface area contributed by atoms with Gasteiger partial charge in [0.2, 0.25) is 5.91 Å². The van der Waals surface area contributed by atoms with Crippen LogP contribution in [0.1, 0.15) is 28.8 Å². The first-order valence-electron chi connectivity index (χ1n) is 6.56. The first-order valence-corrected chi connectivity index (χ1v) is 6.56. The SMILES string of the molecule is NCC#Cc1ccccc1C(=O)NC1CCC(=O)NC1. The second-order valence-corrected chi connectivity index (χ2v) is 4.56. The van der Waals surface area contributed by atoms with E-state index in [-0.39, 0.29) is 24.4 Å². The van der Waals surface area contributed by atoms with Crippen LogP contribution in [0, 0.1) is 11.8 Å². The molecule has 2 rings (SSSR count). The van der Waals surface area contributed by atoms with Crippen LogP contribution >= 0.6 is 0 Å². The van der Waals surface area contributed by atoms with E-state index >= 15 is 0 Å². The summed E-state index contributed by atoms with van der Waals surface area (Å²) < 4.78 is 0. The molecule has 0 saturated carbocycles. The van der Waals surface area contributed by atoms with Crippen LogP contribution in [0.4, 0.5) is 0 Å². The Morgan fingerprint density at radius 1 is 1.45 bits per heavy atom. The first kappa shape index (κ1) is 14.1. The van der Waals surface area contributed by atoms with Gasteiger partial charge in [0.1, 0.15) is 0 Å². The number of amides is 2. The van der Waals surface area contributed by atoms with Crippen LogP contribution in [0.3, 0.4) is 0 Å². The molecular weight excluding hydrogens is 254 g/mol. The Labute approximate surface area is 117 Å². The summed E-state index contributed by atoms with van der Waals surface area (Å²) in [6.45, 7) is 0.728. The molecule has 1 atom stereocenters. The number of hydrogen-bond donors (Lipinski definition) is 3. The van der Waals surface area contributed by atoms with Gasteiger partial charge in [0.15, 0.2) is 0 Å². The van der Waals surface area contributed by atoms with E-state index < -0.39 is 0 Å². The average molecular weight is 271 g/mol. The number of nitrogens with two attached hydrogens (primary N) is 1. The molecule has 2 amide bonds. The predicted molar refractivity (Wildman–Crippen MR) is 75.9 cm³/mol. The molecule has 5 nitrogen and oxygen atoms in total. The number of piperidine rings is 1. The molecule has 1 fully saturated rings. The van der Waals surface area contributed by atoms with Crippen LogP contribution in [0.15, 0.2) is 24.3 Å². The van der Waals surface area contributed by atoms with Crippen molar-refractivity contribution in [3.8, 4) is 11.8 Å². The third-order valence-corrected chi connectivity index (χ3v) is 3.10. The van der Waals surface area contributed by atoms with Gasteiger partial charge in [0, 0.05) is 24.6 Å². The predicted octanol–water partition coefficient (Wildman–Crippen LogP) is 0.00520. The molecule has 0 spiro atoms. The minimum absolute atomic E-state index is 0.0317. The van der Waals surface area contributed by atoms with Crippen molar-refractivity contribution in [2.24, 2.45) is 5.73 Å². The summed E-state index contributed by atoms with van der Waals surface area (Å²) in [6, 6.07) is 7.12. The maximum atomic E-state index is 12.3. The van der Waals surface area contributed by atoms with Gasteiger partial charge in [-0.3, -0.25) is 9.59 Å². The van der Waals surface area contributed by atoms with Gasteiger partial charge in [-0.15, -0.1) is 0 Å². The van der Waals surface area contributed by atoms with Crippen molar-refractivity contribution in [3.63, 3.8) is 0 Å². The topological polar surface area (TPSA) is 84.2 Å². The fraction of sp³-hybridized carbons (Fsp3) is 0.333. The summed E-state index contributed by atoms with van der Waals surface area (Å²) in [5.74, 6) is 5.50. The largest absolute Gasteiger partial charge is 0.354 e. The molecule has 5 heteroatoms. The van der Waals surface area contributed by atoms with E-state index in [1.54, 1.807) is 18.2 Å². The lowest BCUT2D eigenvalue weighted by molar-refractivity contribution is -0.122. The molecule has 0 aliphatic carbocycles. The van der Waals surface area contributed by atoms with Gasteiger partial charge in [0.25, 0.3) is 5.91 Å². The van der Waals surface area contributed by atoms with Gasteiger partial charge in [0.05, 0.1) is 12.1 Å². The normalized spacial score (nSPS) is 17.6. The van der Waals surface area contributed by atoms with Crippen molar-refractivity contribution >= 4 is 11.8 Å². The summed E-state index contributed by atoms with van der Waals surface area (Å²) in [5, 5.41) is 5.66. The Morgan fingerprint density at radius 2 is 2.25 bits per heavy atom. The molecule has 1 unspecified atom stereocenters. The summed E-state index contributed by atoms with van der Waals surface area (Å²) in [5.41, 5.74) is 6.55. The van der Waals surface area contributed by atoms with E-state index in [9.17, 15) is 9.59 Å². The molecule has 20 heavy (non-hydrogen) atoms. The van der Waals surface area contributed by atoms with Crippen LogP contribution in [0.5, 0.6) is 0 Å². The quantitative estimate of drug-likeness (QED) is 0.662. The number of rotatable bonds is 2. The van der Waals surface area contributed by atoms with E-state index in [2.05, 4.69) is 22.5 Å². The van der Waals surface area contributed by atoms with E-state index in [1.165, 1.54) is 0 Å². The molecular formula is C15H17N3O2. The summed E-state index contributed by atoms with van der Waals surface area (Å²) in [6.07, 6.45) is 1.10. The summed E-state index contributed by atoms with van der Waals surface area (Å²) >= 11 is 0. The molecule has 1 aromatic rings. The standard InChI is InChI=1S/C15H17N3O2/c16-9-3-5-11-4-1-2-6-13(11)15(20)18-12-7-8-14(19)17-10-12/h1-2,4,6,12H,7-10,16H2,(H,17,19)(H,18,20). The Bertz CT molecular complexity index is 562. The highest BCUT2D eigenvalue weighted by Crippen LogP contribution is 2.09. The second kappa shape index (κ2) is 6.73. The lowest BCUT2D eigenvalue weighted by atomic mass is 10.0. The molecule has 1 aromatic carbocycles. The van der Waals surface area contributed by atoms with Crippen molar-refractivity contribution in [2.45, 2.75) is 18.9 Å². The Hall–Kier alpha value is -2.32. The third-order valence-electron chi connectivity index (χ3n) is 3.10. The zero-order valence-electron chi connectivity index (χ0n) is 11.1. The fourth-order valence-corrected chi connectivity index (χ4v) is 2.06. The van der Waals surface area contributed by atoms with E-state index in [0.717, 1.165) is 0 Å². The van der Waals surface area contributed by atoms with Crippen molar-refractivity contribution < 1.29 is 9.59 Å². The monoisotopic (exact) mass is 271 g/mol. The highest BCUT2D eigenvalue weighted by atomic mass is 16.2. The van der Waals surface area contributed by atoms with Gasteiger partial charge in [-0.2, -0.15) is 0 Å². The Morgan fingerprint density at radius 3 is 2.95 bits per heavy atom. The fourth-order valence-electron chi connectivity index (χ4n) is 2.06. The van der Waals surface area contributed by atoms with Gasteiger partial charge in [-0.25, -0.2) is 0 Å². The van der Waals surface area contributed by atoms with Gasteiger partial charge in [-0.05, 0) is 18.6 Å². The third kappa shape index (κ3) is 3.59. The maximum Gasteiger partial charge on any atom is 0.252 e. The van der Waals surface area contributed by atoms with Crippen molar-refractivity contribution in [2.75, 3.05) is 13.1 Å². The molecule has 1 heterocycles. The molecule has 0 aromatic heterocycles. The number of carbonyl (C=O) groups is 2. The second-order valence-electron chi connectivity index (χ2n) is 4.56. The van der Waals surface area contributed by atoms with Gasteiger partial charge < -0.3 is 16.4 Å². The average Bonchev–Trinajstić information content (AvgIpc) is 2.47. The van der Waals surface area contributed by atoms with Gasteiger partial charge in [-0.1, -0.05) is 24.0 Å². The van der Waals surface area contributed by atoms with E-state index in [0.29, 0.717) is 30.5 Å². The minimum atomic E-state index is -0.173. The molecule has 1 aliphatic rings. The Kier molecular flexibility index (Phi) is 4.75. The highest BCUT2D eigenvalue weighted by molar-refractivity contribution is 5.97. The van der Waals surface area contributed by atoms with Crippen LogP contribution in [-0.2, 0) is 4.79 Å². The molecule has 0 radical (unpaired) electrons. The zero-order valence-corrected chi connectivity index (χ0v) is 11.1. The van der Waals surface area contributed by atoms with E-state index in [1.807, 2.05) is 6.07 Å². The maximum absolute atomic E-state index is 12.3. The van der Waals surface area contributed by atoms with Crippen molar-refractivity contribution in [1.82, 2.24) is 10.6 Å². The van der Waals surface area contributed by atoms with Gasteiger partial charge >= 0.3 is 0 Å². The lowest BCUT2D eigenvalue weighted by Crippen LogP contribution is -2.47. The number of hydrogen-bond acceptors (Lipinski definition) is 3. The van der Waals surface area contributed by atoms with Crippen molar-refractivity contribution in [1.29, 1.82) is 0 Å². The number of benzene rings is 1. The molecule has 0 bridgehead atoms. The van der Waals surface area contributed by atoms with Crippen molar-refractivity contribution in [3.05, 3.63) is 35.4 Å². The lowest BCUT2D eigenvalue weighted by Gasteiger charge is -2.23. The first-order chi connectivity index (χ1) is 9.70.